The Labute approximate surface area is 129 Å². The molecule has 0 aliphatic heterocycles. The van der Waals surface area contributed by atoms with Gasteiger partial charge in [0, 0.05) is 34.6 Å². The fraction of sp³-hybridized carbons (Fsp3) is 0.529. The standard InChI is InChI=1S/C17H23FN2S/c1-2-20(10-12-5-3-6-12)11-13-16(9-19)21-15-8-4-7-14(18)17(13)15/h4,7-8,12H,2-3,5-6,9-11,19H2,1H3. The summed E-state index contributed by atoms with van der Waals surface area (Å²) in [7, 11) is 0. The summed E-state index contributed by atoms with van der Waals surface area (Å²) in [6, 6.07) is 5.33. The number of hydrogen-bond acceptors (Lipinski definition) is 3. The molecule has 1 aliphatic rings. The van der Waals surface area contributed by atoms with Gasteiger partial charge < -0.3 is 5.73 Å². The molecule has 0 amide bonds. The van der Waals surface area contributed by atoms with Gasteiger partial charge in [0.25, 0.3) is 0 Å². The highest BCUT2D eigenvalue weighted by Crippen LogP contribution is 2.34. The number of halogens is 1. The number of hydrogen-bond donors (Lipinski definition) is 1. The van der Waals surface area contributed by atoms with Gasteiger partial charge in [0.15, 0.2) is 0 Å². The van der Waals surface area contributed by atoms with E-state index in [0.717, 1.165) is 46.1 Å². The molecular formula is C17H23FN2S. The normalized spacial score (nSPS) is 15.8. The first kappa shape index (κ1) is 14.9. The molecular weight excluding hydrogens is 283 g/mol. The van der Waals surface area contributed by atoms with Crippen molar-refractivity contribution in [3.8, 4) is 0 Å². The van der Waals surface area contributed by atoms with Crippen molar-refractivity contribution >= 4 is 21.4 Å². The largest absolute Gasteiger partial charge is 0.326 e. The van der Waals surface area contributed by atoms with Crippen molar-refractivity contribution in [2.45, 2.75) is 39.3 Å². The number of thiophene rings is 1. The molecule has 1 aromatic carbocycles. The van der Waals surface area contributed by atoms with Crippen molar-refractivity contribution in [1.82, 2.24) is 4.90 Å². The number of nitrogens with two attached hydrogens (primary N) is 1. The van der Waals surface area contributed by atoms with Crippen molar-refractivity contribution in [3.63, 3.8) is 0 Å². The highest BCUT2D eigenvalue weighted by atomic mass is 32.1. The minimum atomic E-state index is -0.113. The van der Waals surface area contributed by atoms with Crippen LogP contribution in [0.1, 0.15) is 36.6 Å². The summed E-state index contributed by atoms with van der Waals surface area (Å²) < 4.78 is 15.3. The Morgan fingerprint density at radius 2 is 2.19 bits per heavy atom. The Hall–Kier alpha value is -0.970. The Morgan fingerprint density at radius 3 is 2.81 bits per heavy atom. The summed E-state index contributed by atoms with van der Waals surface area (Å²) in [5.41, 5.74) is 7.00. The van der Waals surface area contributed by atoms with E-state index in [1.807, 2.05) is 6.07 Å². The van der Waals surface area contributed by atoms with Crippen LogP contribution < -0.4 is 5.73 Å². The van der Waals surface area contributed by atoms with Crippen molar-refractivity contribution in [3.05, 3.63) is 34.5 Å². The number of fused-ring (bicyclic) bond motifs is 1. The Balaban J connectivity index is 1.90. The van der Waals surface area contributed by atoms with Gasteiger partial charge in [-0.05, 0) is 43.0 Å². The van der Waals surface area contributed by atoms with E-state index in [2.05, 4.69) is 11.8 Å². The number of rotatable bonds is 6. The highest BCUT2D eigenvalue weighted by molar-refractivity contribution is 7.19. The molecule has 1 aliphatic carbocycles. The molecule has 1 aromatic heterocycles. The van der Waals surface area contributed by atoms with Crippen LogP contribution in [-0.2, 0) is 13.1 Å². The zero-order valence-corrected chi connectivity index (χ0v) is 13.4. The van der Waals surface area contributed by atoms with E-state index in [0.29, 0.717) is 6.54 Å². The molecule has 0 spiro atoms. The van der Waals surface area contributed by atoms with Crippen molar-refractivity contribution in [2.24, 2.45) is 11.7 Å². The summed E-state index contributed by atoms with van der Waals surface area (Å²) in [5.74, 6) is 0.721. The molecule has 0 bridgehead atoms. The summed E-state index contributed by atoms with van der Waals surface area (Å²) in [4.78, 5) is 3.57. The summed E-state index contributed by atoms with van der Waals surface area (Å²) in [6.45, 7) is 5.64. The molecule has 2 nitrogen and oxygen atoms in total. The topological polar surface area (TPSA) is 29.3 Å². The minimum Gasteiger partial charge on any atom is -0.326 e. The third-order valence-corrected chi connectivity index (χ3v) is 5.82. The lowest BCUT2D eigenvalue weighted by molar-refractivity contribution is 0.178. The Morgan fingerprint density at radius 1 is 1.38 bits per heavy atom. The van der Waals surface area contributed by atoms with E-state index < -0.39 is 0 Å². The lowest BCUT2D eigenvalue weighted by Crippen LogP contribution is -2.32. The fourth-order valence-corrected chi connectivity index (χ4v) is 4.23. The zero-order chi connectivity index (χ0) is 14.8. The molecule has 1 fully saturated rings. The van der Waals surface area contributed by atoms with E-state index in [1.54, 1.807) is 23.5 Å². The van der Waals surface area contributed by atoms with Gasteiger partial charge in [-0.2, -0.15) is 0 Å². The van der Waals surface area contributed by atoms with E-state index >= 15 is 0 Å². The first-order valence-electron chi connectivity index (χ1n) is 7.84. The van der Waals surface area contributed by atoms with E-state index in [1.165, 1.54) is 19.3 Å². The Bertz CT molecular complexity index is 619. The lowest BCUT2D eigenvalue weighted by Gasteiger charge is -2.32. The lowest BCUT2D eigenvalue weighted by atomic mass is 9.85. The van der Waals surface area contributed by atoms with Crippen LogP contribution in [0.5, 0.6) is 0 Å². The molecule has 1 heterocycles. The smallest absolute Gasteiger partial charge is 0.132 e. The maximum absolute atomic E-state index is 14.2. The van der Waals surface area contributed by atoms with Crippen LogP contribution in [0, 0.1) is 11.7 Å². The van der Waals surface area contributed by atoms with Gasteiger partial charge in [0.05, 0.1) is 0 Å². The second-order valence-electron chi connectivity index (χ2n) is 5.95. The van der Waals surface area contributed by atoms with Crippen LogP contribution in [0.2, 0.25) is 0 Å². The van der Waals surface area contributed by atoms with Crippen LogP contribution in [0.3, 0.4) is 0 Å². The van der Waals surface area contributed by atoms with Crippen LogP contribution in [-0.4, -0.2) is 18.0 Å². The van der Waals surface area contributed by atoms with Crippen molar-refractivity contribution in [1.29, 1.82) is 0 Å². The van der Waals surface area contributed by atoms with Gasteiger partial charge in [0.1, 0.15) is 5.82 Å². The Kier molecular flexibility index (Phi) is 4.57. The van der Waals surface area contributed by atoms with Crippen molar-refractivity contribution < 1.29 is 4.39 Å². The molecule has 21 heavy (non-hydrogen) atoms. The van der Waals surface area contributed by atoms with Crippen LogP contribution >= 0.6 is 11.3 Å². The predicted octanol–water partition coefficient (Wildman–Crippen LogP) is 4.12. The molecule has 2 aromatic rings. The average molecular weight is 306 g/mol. The maximum Gasteiger partial charge on any atom is 0.132 e. The van der Waals surface area contributed by atoms with Gasteiger partial charge in [-0.15, -0.1) is 11.3 Å². The van der Waals surface area contributed by atoms with E-state index in [9.17, 15) is 4.39 Å². The molecule has 114 valence electrons. The molecule has 3 rings (SSSR count). The van der Waals surface area contributed by atoms with Gasteiger partial charge in [-0.25, -0.2) is 4.39 Å². The molecule has 0 atom stereocenters. The van der Waals surface area contributed by atoms with Crippen LogP contribution in [0.25, 0.3) is 10.1 Å². The third-order valence-electron chi connectivity index (χ3n) is 4.60. The minimum absolute atomic E-state index is 0.113. The molecule has 4 heteroatoms. The average Bonchev–Trinajstić information content (AvgIpc) is 2.80. The summed E-state index contributed by atoms with van der Waals surface area (Å²) in [5, 5.41) is 0.787. The second-order valence-corrected chi connectivity index (χ2v) is 7.08. The van der Waals surface area contributed by atoms with Gasteiger partial charge in [-0.1, -0.05) is 19.4 Å². The van der Waals surface area contributed by atoms with Crippen LogP contribution in [0.15, 0.2) is 18.2 Å². The number of nitrogens with zero attached hydrogens (tertiary/aromatic N) is 1. The third kappa shape index (κ3) is 2.98. The van der Waals surface area contributed by atoms with Crippen LogP contribution in [0.4, 0.5) is 4.39 Å². The fourth-order valence-electron chi connectivity index (χ4n) is 3.12. The first-order valence-corrected chi connectivity index (χ1v) is 8.65. The monoisotopic (exact) mass is 306 g/mol. The summed E-state index contributed by atoms with van der Waals surface area (Å²) in [6.07, 6.45) is 4.06. The quantitative estimate of drug-likeness (QED) is 0.870. The van der Waals surface area contributed by atoms with Gasteiger partial charge >= 0.3 is 0 Å². The van der Waals surface area contributed by atoms with Crippen molar-refractivity contribution in [2.75, 3.05) is 13.1 Å². The number of benzene rings is 1. The van der Waals surface area contributed by atoms with Gasteiger partial charge in [0.2, 0.25) is 0 Å². The molecule has 0 radical (unpaired) electrons. The molecule has 0 saturated heterocycles. The second kappa shape index (κ2) is 6.42. The van der Waals surface area contributed by atoms with Gasteiger partial charge in [-0.3, -0.25) is 4.90 Å². The highest BCUT2D eigenvalue weighted by Gasteiger charge is 2.22. The molecule has 2 N–H and O–H groups in total. The maximum atomic E-state index is 14.2. The SMILES string of the molecule is CCN(Cc1c(CN)sc2cccc(F)c12)CC1CCC1. The van der Waals surface area contributed by atoms with E-state index in [4.69, 9.17) is 5.73 Å². The van der Waals surface area contributed by atoms with E-state index in [-0.39, 0.29) is 5.82 Å². The first-order chi connectivity index (χ1) is 10.2. The summed E-state index contributed by atoms with van der Waals surface area (Å²) >= 11 is 1.64. The molecule has 1 saturated carbocycles. The predicted molar refractivity (Wildman–Crippen MR) is 88.0 cm³/mol. The zero-order valence-electron chi connectivity index (χ0n) is 12.6. The molecule has 0 unspecified atom stereocenters.